The van der Waals surface area contributed by atoms with Gasteiger partial charge in [-0.3, -0.25) is 4.79 Å². The summed E-state index contributed by atoms with van der Waals surface area (Å²) in [5, 5.41) is 10.3. The number of aliphatic hydroxyl groups excluding tert-OH is 1. The molecule has 1 aromatic carbocycles. The zero-order valence-electron chi connectivity index (χ0n) is 14.8. The summed E-state index contributed by atoms with van der Waals surface area (Å²) in [4.78, 5) is 13.2. The van der Waals surface area contributed by atoms with Crippen LogP contribution in [0.3, 0.4) is 0 Å². The van der Waals surface area contributed by atoms with Crippen molar-refractivity contribution in [2.24, 2.45) is 11.7 Å². The number of hydrogen-bond donors (Lipinski definition) is 2. The molecule has 2 rings (SSSR count). The van der Waals surface area contributed by atoms with Crippen molar-refractivity contribution in [3.05, 3.63) is 29.3 Å². The first-order valence-corrected chi connectivity index (χ1v) is 8.83. The zero-order chi connectivity index (χ0) is 17.5. The number of ether oxygens (including phenoxy) is 1. The Morgan fingerprint density at radius 3 is 3.00 bits per heavy atom. The van der Waals surface area contributed by atoms with Crippen molar-refractivity contribution in [1.29, 1.82) is 0 Å². The van der Waals surface area contributed by atoms with E-state index >= 15 is 0 Å². The molecule has 1 amide bonds. The molecule has 134 valence electrons. The smallest absolute Gasteiger partial charge is 0.217 e. The molecule has 5 heteroatoms. The summed E-state index contributed by atoms with van der Waals surface area (Å²) in [6.45, 7) is 6.86. The van der Waals surface area contributed by atoms with Gasteiger partial charge in [-0.1, -0.05) is 12.1 Å². The number of primary amides is 1. The molecule has 1 aliphatic rings. The maximum absolute atomic E-state index is 10.9. The molecule has 1 aliphatic heterocycles. The maximum Gasteiger partial charge on any atom is 0.217 e. The number of amides is 1. The van der Waals surface area contributed by atoms with Gasteiger partial charge in [0.25, 0.3) is 0 Å². The molecule has 0 radical (unpaired) electrons. The number of piperidine rings is 1. The second kappa shape index (κ2) is 9.04. The van der Waals surface area contributed by atoms with Crippen molar-refractivity contribution in [2.45, 2.75) is 45.6 Å². The molecule has 0 spiro atoms. The van der Waals surface area contributed by atoms with Crippen molar-refractivity contribution in [1.82, 2.24) is 4.90 Å². The number of nitrogens with two attached hydrogens (primary N) is 1. The molecule has 1 saturated heterocycles. The highest BCUT2D eigenvalue weighted by atomic mass is 16.5. The molecule has 1 fully saturated rings. The van der Waals surface area contributed by atoms with Crippen molar-refractivity contribution < 1.29 is 14.6 Å². The molecule has 1 aromatic rings. The van der Waals surface area contributed by atoms with Crippen molar-refractivity contribution in [2.75, 3.05) is 26.2 Å². The molecule has 2 atom stereocenters. The molecule has 24 heavy (non-hydrogen) atoms. The number of nitrogens with zero attached hydrogens (tertiary/aromatic N) is 1. The Morgan fingerprint density at radius 2 is 2.25 bits per heavy atom. The van der Waals surface area contributed by atoms with E-state index in [9.17, 15) is 9.90 Å². The van der Waals surface area contributed by atoms with Gasteiger partial charge in [-0.05, 0) is 62.8 Å². The van der Waals surface area contributed by atoms with Gasteiger partial charge in [-0.2, -0.15) is 0 Å². The van der Waals surface area contributed by atoms with Gasteiger partial charge in [0, 0.05) is 19.5 Å². The van der Waals surface area contributed by atoms with Crippen molar-refractivity contribution >= 4 is 5.91 Å². The lowest BCUT2D eigenvalue weighted by Gasteiger charge is -2.33. The summed E-state index contributed by atoms with van der Waals surface area (Å²) in [5.74, 6) is 1.11. The summed E-state index contributed by atoms with van der Waals surface area (Å²) < 4.78 is 5.79. The molecule has 5 nitrogen and oxygen atoms in total. The van der Waals surface area contributed by atoms with E-state index in [0.29, 0.717) is 25.5 Å². The van der Waals surface area contributed by atoms with Crippen LogP contribution in [-0.4, -0.2) is 48.3 Å². The quantitative estimate of drug-likeness (QED) is 0.763. The van der Waals surface area contributed by atoms with Crippen LogP contribution >= 0.6 is 0 Å². The summed E-state index contributed by atoms with van der Waals surface area (Å²) in [7, 11) is 0. The number of aliphatic hydroxyl groups is 1. The van der Waals surface area contributed by atoms with E-state index in [4.69, 9.17) is 10.5 Å². The van der Waals surface area contributed by atoms with Crippen molar-refractivity contribution in [3.63, 3.8) is 0 Å². The number of carbonyl (C=O) groups excluding carboxylic acids is 1. The fraction of sp³-hybridized carbons (Fsp3) is 0.632. The van der Waals surface area contributed by atoms with Crippen LogP contribution < -0.4 is 10.5 Å². The minimum atomic E-state index is -0.514. The maximum atomic E-state index is 10.9. The molecule has 1 heterocycles. The number of likely N-dealkylation sites (tertiary alicyclic amines) is 1. The molecule has 0 aromatic heterocycles. The van der Waals surface area contributed by atoms with Gasteiger partial charge in [0.15, 0.2) is 0 Å². The Labute approximate surface area is 144 Å². The topological polar surface area (TPSA) is 75.8 Å². The first-order chi connectivity index (χ1) is 11.4. The molecule has 2 unspecified atom stereocenters. The molecule has 0 aliphatic carbocycles. The minimum absolute atomic E-state index is 0.228. The Hall–Kier alpha value is -1.59. The Balaban J connectivity index is 1.76. The van der Waals surface area contributed by atoms with Crippen LogP contribution in [0.25, 0.3) is 0 Å². The lowest BCUT2D eigenvalue weighted by molar-refractivity contribution is -0.118. The van der Waals surface area contributed by atoms with Crippen LogP contribution in [0, 0.1) is 19.8 Å². The lowest BCUT2D eigenvalue weighted by atomic mass is 9.93. The van der Waals surface area contributed by atoms with Crippen LogP contribution in [0.2, 0.25) is 0 Å². The average Bonchev–Trinajstić information content (AvgIpc) is 2.54. The van der Waals surface area contributed by atoms with E-state index in [1.807, 2.05) is 26.0 Å². The third kappa shape index (κ3) is 6.13. The fourth-order valence-corrected chi connectivity index (χ4v) is 3.30. The minimum Gasteiger partial charge on any atom is -0.491 e. The normalized spacial score (nSPS) is 19.9. The largest absolute Gasteiger partial charge is 0.491 e. The van der Waals surface area contributed by atoms with Gasteiger partial charge < -0.3 is 20.5 Å². The van der Waals surface area contributed by atoms with Crippen LogP contribution in [0.15, 0.2) is 18.2 Å². The zero-order valence-corrected chi connectivity index (χ0v) is 14.8. The highest BCUT2D eigenvalue weighted by Crippen LogP contribution is 2.22. The molecule has 0 saturated carbocycles. The highest BCUT2D eigenvalue weighted by Gasteiger charge is 2.22. The average molecular weight is 334 g/mol. The summed E-state index contributed by atoms with van der Waals surface area (Å²) in [6, 6.07) is 6.09. The third-order valence-electron chi connectivity index (χ3n) is 4.65. The highest BCUT2D eigenvalue weighted by molar-refractivity contribution is 5.73. The first kappa shape index (κ1) is 18.7. The number of carbonyl (C=O) groups is 1. The third-order valence-corrected chi connectivity index (χ3v) is 4.65. The Kier molecular flexibility index (Phi) is 7.06. The number of β-amino-alcohol motifs (C(OH)–C–C–N with tert-alkyl or cyclic N) is 1. The van der Waals surface area contributed by atoms with Crippen LogP contribution in [-0.2, 0) is 4.79 Å². The predicted octanol–water partition coefficient (Wildman–Crippen LogP) is 2.02. The standard InChI is InChI=1S/C19H30N2O3/c1-14-5-6-15(2)18(10-14)24-13-17(22)12-21-9-3-4-16(11-21)7-8-19(20)23/h5-6,10,16-17,22H,3-4,7-9,11-13H2,1-2H3,(H2,20,23). The second-order valence-corrected chi connectivity index (χ2v) is 7.01. The van der Waals surface area contributed by atoms with E-state index in [2.05, 4.69) is 11.0 Å². The Bertz CT molecular complexity index is 547. The van der Waals surface area contributed by atoms with E-state index < -0.39 is 6.10 Å². The fourth-order valence-electron chi connectivity index (χ4n) is 3.30. The van der Waals surface area contributed by atoms with E-state index in [0.717, 1.165) is 49.2 Å². The Morgan fingerprint density at radius 1 is 1.46 bits per heavy atom. The first-order valence-electron chi connectivity index (χ1n) is 8.83. The van der Waals surface area contributed by atoms with Gasteiger partial charge in [-0.15, -0.1) is 0 Å². The van der Waals surface area contributed by atoms with Gasteiger partial charge in [0.2, 0.25) is 5.91 Å². The van der Waals surface area contributed by atoms with Gasteiger partial charge in [-0.25, -0.2) is 0 Å². The summed E-state index contributed by atoms with van der Waals surface area (Å²) in [5.41, 5.74) is 7.47. The molecule has 0 bridgehead atoms. The van der Waals surface area contributed by atoms with E-state index in [-0.39, 0.29) is 5.91 Å². The number of aryl methyl sites for hydroxylation is 2. The van der Waals surface area contributed by atoms with Crippen LogP contribution in [0.1, 0.15) is 36.8 Å². The summed E-state index contributed by atoms with van der Waals surface area (Å²) in [6.07, 6.45) is 3.03. The predicted molar refractivity (Wildman–Crippen MR) is 95.0 cm³/mol. The van der Waals surface area contributed by atoms with E-state index in [1.54, 1.807) is 0 Å². The number of hydrogen-bond acceptors (Lipinski definition) is 4. The SMILES string of the molecule is Cc1ccc(C)c(OCC(O)CN2CCCC(CCC(N)=O)C2)c1. The summed E-state index contributed by atoms with van der Waals surface area (Å²) >= 11 is 0. The van der Waals surface area contributed by atoms with Gasteiger partial charge in [0.05, 0.1) is 0 Å². The van der Waals surface area contributed by atoms with Crippen LogP contribution in [0.5, 0.6) is 5.75 Å². The van der Waals surface area contributed by atoms with Gasteiger partial charge in [0.1, 0.15) is 18.5 Å². The second-order valence-electron chi connectivity index (χ2n) is 7.01. The van der Waals surface area contributed by atoms with Gasteiger partial charge >= 0.3 is 0 Å². The monoisotopic (exact) mass is 334 g/mol. The lowest BCUT2D eigenvalue weighted by Crippen LogP contribution is -2.42. The van der Waals surface area contributed by atoms with Crippen LogP contribution in [0.4, 0.5) is 0 Å². The van der Waals surface area contributed by atoms with E-state index in [1.165, 1.54) is 0 Å². The molecule has 3 N–H and O–H groups in total. The number of rotatable bonds is 8. The number of benzene rings is 1. The molecular formula is C19H30N2O3. The van der Waals surface area contributed by atoms with Crippen molar-refractivity contribution in [3.8, 4) is 5.75 Å². The molecular weight excluding hydrogens is 304 g/mol.